The van der Waals surface area contributed by atoms with E-state index < -0.39 is 5.69 Å². The number of hydrogen-bond donors (Lipinski definition) is 1. The molecule has 1 aromatic carbocycles. The van der Waals surface area contributed by atoms with Crippen molar-refractivity contribution in [3.05, 3.63) is 47.1 Å². The number of rotatable bonds is 2. The van der Waals surface area contributed by atoms with Crippen LogP contribution in [0.4, 0.5) is 0 Å². The predicted molar refractivity (Wildman–Crippen MR) is 49.2 cm³/mol. The summed E-state index contributed by atoms with van der Waals surface area (Å²) in [6, 6.07) is 9.19. The van der Waals surface area contributed by atoms with Crippen molar-refractivity contribution in [1.82, 2.24) is 15.0 Å². The van der Waals surface area contributed by atoms with E-state index in [-0.39, 0.29) is 6.01 Å². The van der Waals surface area contributed by atoms with E-state index in [9.17, 15) is 4.79 Å². The van der Waals surface area contributed by atoms with Gasteiger partial charge in [-0.25, -0.2) is 4.79 Å². The van der Waals surface area contributed by atoms with Crippen molar-refractivity contribution in [2.45, 2.75) is 0 Å². The molecular formula is C9H7N3O2. The Kier molecular flexibility index (Phi) is 2.22. The van der Waals surface area contributed by atoms with Crippen molar-refractivity contribution in [2.75, 3.05) is 0 Å². The number of ether oxygens (including phenoxy) is 1. The Hall–Kier alpha value is -2.17. The van der Waals surface area contributed by atoms with Crippen molar-refractivity contribution in [1.29, 1.82) is 0 Å². The summed E-state index contributed by atoms with van der Waals surface area (Å²) in [6.45, 7) is 0. The Labute approximate surface area is 79.4 Å². The monoisotopic (exact) mass is 189 g/mol. The number of hydrogen-bond acceptors (Lipinski definition) is 4. The Bertz CT molecular complexity index is 467. The lowest BCUT2D eigenvalue weighted by Gasteiger charge is -2.01. The highest BCUT2D eigenvalue weighted by Gasteiger charge is 1.97. The molecule has 0 saturated carbocycles. The molecule has 5 heteroatoms. The zero-order chi connectivity index (χ0) is 9.80. The Balaban J connectivity index is 2.24. The van der Waals surface area contributed by atoms with Gasteiger partial charge in [0.05, 0.1) is 0 Å². The van der Waals surface area contributed by atoms with Crippen LogP contribution in [0.1, 0.15) is 0 Å². The van der Waals surface area contributed by atoms with Crippen LogP contribution in [0.5, 0.6) is 11.8 Å². The van der Waals surface area contributed by atoms with Gasteiger partial charge in [0.25, 0.3) is 0 Å². The second kappa shape index (κ2) is 3.69. The normalized spacial score (nSPS) is 9.71. The van der Waals surface area contributed by atoms with Gasteiger partial charge in [0.2, 0.25) is 0 Å². The number of nitrogens with zero attached hydrogens (tertiary/aromatic N) is 2. The van der Waals surface area contributed by atoms with Gasteiger partial charge in [0.15, 0.2) is 0 Å². The van der Waals surface area contributed by atoms with Crippen molar-refractivity contribution in [2.24, 2.45) is 0 Å². The van der Waals surface area contributed by atoms with E-state index in [0.29, 0.717) is 5.75 Å². The maximum atomic E-state index is 10.8. The maximum absolute atomic E-state index is 10.8. The van der Waals surface area contributed by atoms with Gasteiger partial charge in [-0.1, -0.05) is 18.2 Å². The summed E-state index contributed by atoms with van der Waals surface area (Å²) in [4.78, 5) is 20.3. The van der Waals surface area contributed by atoms with Gasteiger partial charge in [-0.05, 0) is 12.1 Å². The molecule has 0 amide bonds. The van der Waals surface area contributed by atoms with Gasteiger partial charge < -0.3 is 4.74 Å². The highest BCUT2D eigenvalue weighted by Crippen LogP contribution is 2.14. The minimum absolute atomic E-state index is 0.135. The number of H-pyrrole nitrogens is 1. The first-order valence-electron chi connectivity index (χ1n) is 3.99. The number of nitrogens with one attached hydrogen (secondary N) is 1. The largest absolute Gasteiger partial charge is 0.426 e. The molecule has 2 aromatic rings. The highest BCUT2D eigenvalue weighted by atomic mass is 16.5. The van der Waals surface area contributed by atoms with Crippen LogP contribution in [-0.4, -0.2) is 15.0 Å². The molecule has 0 radical (unpaired) electrons. The molecule has 0 atom stereocenters. The third kappa shape index (κ3) is 1.95. The summed E-state index contributed by atoms with van der Waals surface area (Å²) in [6.07, 6.45) is 1.15. The number of aromatic nitrogens is 3. The minimum Gasteiger partial charge on any atom is -0.426 e. The summed E-state index contributed by atoms with van der Waals surface area (Å²) >= 11 is 0. The van der Waals surface area contributed by atoms with E-state index in [0.717, 1.165) is 6.33 Å². The third-order valence-corrected chi connectivity index (χ3v) is 1.52. The van der Waals surface area contributed by atoms with E-state index in [4.69, 9.17) is 4.74 Å². The molecule has 0 aliphatic carbocycles. The molecule has 2 rings (SSSR count). The molecule has 0 unspecified atom stereocenters. The standard InChI is InChI=1S/C9H7N3O2/c13-8-10-6-11-9(12-8)14-7-4-2-1-3-5-7/h1-6H,(H,10,11,12,13). The summed E-state index contributed by atoms with van der Waals surface area (Å²) in [7, 11) is 0. The van der Waals surface area contributed by atoms with Gasteiger partial charge in [-0.3, -0.25) is 4.98 Å². The minimum atomic E-state index is -0.481. The summed E-state index contributed by atoms with van der Waals surface area (Å²) in [5.41, 5.74) is -0.481. The van der Waals surface area contributed by atoms with E-state index in [1.165, 1.54) is 0 Å². The van der Waals surface area contributed by atoms with Gasteiger partial charge in [0, 0.05) is 0 Å². The van der Waals surface area contributed by atoms with Crippen LogP contribution < -0.4 is 10.4 Å². The zero-order valence-corrected chi connectivity index (χ0v) is 7.18. The van der Waals surface area contributed by atoms with Gasteiger partial charge >= 0.3 is 11.7 Å². The molecule has 0 saturated heterocycles. The van der Waals surface area contributed by atoms with Crippen LogP contribution >= 0.6 is 0 Å². The molecule has 1 aromatic heterocycles. The first-order chi connectivity index (χ1) is 6.84. The van der Waals surface area contributed by atoms with Gasteiger partial charge in [-0.2, -0.15) is 9.97 Å². The van der Waals surface area contributed by atoms with Crippen molar-refractivity contribution in [3.8, 4) is 11.8 Å². The Morgan fingerprint density at radius 3 is 2.64 bits per heavy atom. The molecule has 70 valence electrons. The van der Waals surface area contributed by atoms with Gasteiger partial charge in [0.1, 0.15) is 12.1 Å². The molecule has 0 aliphatic heterocycles. The average Bonchev–Trinajstić information content (AvgIpc) is 2.19. The lowest BCUT2D eigenvalue weighted by molar-refractivity contribution is 0.437. The van der Waals surface area contributed by atoms with Crippen LogP contribution in [0.2, 0.25) is 0 Å². The molecule has 1 heterocycles. The number of aromatic amines is 1. The van der Waals surface area contributed by atoms with Crippen molar-refractivity contribution >= 4 is 0 Å². The average molecular weight is 189 g/mol. The molecular weight excluding hydrogens is 182 g/mol. The molecule has 14 heavy (non-hydrogen) atoms. The Morgan fingerprint density at radius 1 is 1.14 bits per heavy atom. The summed E-state index contributed by atoms with van der Waals surface area (Å²) < 4.78 is 5.25. The smallest absolute Gasteiger partial charge is 0.350 e. The second-order valence-corrected chi connectivity index (χ2v) is 2.52. The fourth-order valence-corrected chi connectivity index (χ4v) is 0.942. The van der Waals surface area contributed by atoms with Gasteiger partial charge in [-0.15, -0.1) is 0 Å². The van der Waals surface area contributed by atoms with Crippen molar-refractivity contribution in [3.63, 3.8) is 0 Å². The zero-order valence-electron chi connectivity index (χ0n) is 7.18. The first kappa shape index (κ1) is 8.43. The van der Waals surface area contributed by atoms with Crippen LogP contribution in [0, 0.1) is 0 Å². The fraction of sp³-hybridized carbons (Fsp3) is 0. The number of para-hydroxylation sites is 1. The topological polar surface area (TPSA) is 67.9 Å². The summed E-state index contributed by atoms with van der Waals surface area (Å²) in [5.74, 6) is 0.613. The van der Waals surface area contributed by atoms with E-state index in [1.807, 2.05) is 18.2 Å². The molecule has 0 aliphatic rings. The van der Waals surface area contributed by atoms with E-state index in [1.54, 1.807) is 12.1 Å². The van der Waals surface area contributed by atoms with Crippen LogP contribution in [-0.2, 0) is 0 Å². The third-order valence-electron chi connectivity index (χ3n) is 1.52. The van der Waals surface area contributed by atoms with Crippen LogP contribution in [0.15, 0.2) is 41.5 Å². The lowest BCUT2D eigenvalue weighted by Crippen LogP contribution is -2.10. The summed E-state index contributed by atoms with van der Waals surface area (Å²) in [5, 5.41) is 0. The van der Waals surface area contributed by atoms with E-state index >= 15 is 0 Å². The van der Waals surface area contributed by atoms with Crippen molar-refractivity contribution < 1.29 is 4.74 Å². The number of benzene rings is 1. The molecule has 0 bridgehead atoms. The van der Waals surface area contributed by atoms with Crippen LogP contribution in [0.3, 0.4) is 0 Å². The molecule has 1 N–H and O–H groups in total. The molecule has 0 spiro atoms. The SMILES string of the molecule is O=c1ncnc(Oc2ccccc2)[nH]1. The quantitative estimate of drug-likeness (QED) is 0.763. The lowest BCUT2D eigenvalue weighted by atomic mass is 10.3. The first-order valence-corrected chi connectivity index (χ1v) is 3.99. The Morgan fingerprint density at radius 2 is 1.93 bits per heavy atom. The second-order valence-electron chi connectivity index (χ2n) is 2.52. The van der Waals surface area contributed by atoms with E-state index in [2.05, 4.69) is 15.0 Å². The molecule has 5 nitrogen and oxygen atoms in total. The highest BCUT2D eigenvalue weighted by molar-refractivity contribution is 5.23. The fourth-order valence-electron chi connectivity index (χ4n) is 0.942. The predicted octanol–water partition coefficient (Wildman–Crippen LogP) is 0.957. The van der Waals surface area contributed by atoms with Crippen LogP contribution in [0.25, 0.3) is 0 Å². The maximum Gasteiger partial charge on any atom is 0.350 e. The molecule has 0 fully saturated rings.